The van der Waals surface area contributed by atoms with E-state index in [0.29, 0.717) is 0 Å². The van der Waals surface area contributed by atoms with Crippen LogP contribution in [0.2, 0.25) is 0 Å². The summed E-state index contributed by atoms with van der Waals surface area (Å²) < 4.78 is 0. The number of carbonyl (C=O) groups excluding carboxylic acids is 16. The number of carboxylic acid groups (broad SMARTS) is 2. The zero-order valence-electron chi connectivity index (χ0n) is 79.8. The zero-order chi connectivity index (χ0) is 105. The molecule has 16 amide bonds. The summed E-state index contributed by atoms with van der Waals surface area (Å²) in [6.07, 6.45) is -5.68. The van der Waals surface area contributed by atoms with Crippen LogP contribution in [0.15, 0.2) is 74.4 Å². The van der Waals surface area contributed by atoms with E-state index in [1.54, 1.807) is 20.8 Å². The minimum Gasteiger partial charge on any atom is -0.481 e. The Balaban J connectivity index is 7.93. The van der Waals surface area contributed by atoms with Crippen LogP contribution in [0, 0.1) is 17.2 Å². The largest absolute Gasteiger partial charge is 0.481 e. The first-order chi connectivity index (χ1) is 64.8. The normalized spacial score (nSPS) is 13.9. The van der Waals surface area contributed by atoms with Crippen molar-refractivity contribution in [2.75, 3.05) is 59.0 Å². The fraction of sp³-hybridized carbons (Fsp3) is 0.635. The average Bonchev–Trinajstić information content (AvgIpc) is 0.853. The van der Waals surface area contributed by atoms with E-state index < -0.39 is 248 Å². The Morgan fingerprint density at radius 3 is 0.652 bits per heavy atom. The van der Waals surface area contributed by atoms with E-state index >= 15 is 0 Å². The summed E-state index contributed by atoms with van der Waals surface area (Å²) in [7, 11) is 0. The van der Waals surface area contributed by atoms with Crippen LogP contribution in [0.4, 0.5) is 0 Å². The summed E-state index contributed by atoms with van der Waals surface area (Å²) in [6.45, 7) is 29.5. The molecule has 53 heteroatoms. The Kier molecular flexibility index (Phi) is 61.5. The lowest BCUT2D eigenvalue weighted by atomic mass is 10.0. The third kappa shape index (κ3) is 57.4. The van der Waals surface area contributed by atoms with Gasteiger partial charge in [-0.2, -0.15) is 0 Å². The molecular weight excluding hydrogens is 1810 g/mol. The van der Waals surface area contributed by atoms with Crippen LogP contribution in [-0.2, 0) is 86.3 Å². The number of nitrogens with two attached hydrogens (primary N) is 10. The van der Waals surface area contributed by atoms with Gasteiger partial charge in [0.1, 0.15) is 78.5 Å². The molecule has 14 unspecified atom stereocenters. The molecule has 0 spiro atoms. The Hall–Kier alpha value is -14.3. The van der Waals surface area contributed by atoms with Gasteiger partial charge in [0.05, 0.1) is 47.6 Å². The van der Waals surface area contributed by atoms with Gasteiger partial charge in [-0.25, -0.2) is 0 Å². The number of nitrogens with one attached hydrogen (secondary N) is 22. The smallest absolute Gasteiger partial charge is 0.303 e. The van der Waals surface area contributed by atoms with Crippen LogP contribution >= 0.6 is 0 Å². The summed E-state index contributed by atoms with van der Waals surface area (Å²) in [6, 6.07) is -22.5. The van der Waals surface area contributed by atoms with Crippen molar-refractivity contribution in [1.29, 1.82) is 5.41 Å². The number of aliphatic hydroxyl groups excluding tert-OH is 1. The van der Waals surface area contributed by atoms with Gasteiger partial charge in [0.25, 0.3) is 0 Å². The van der Waals surface area contributed by atoms with Crippen LogP contribution in [0.25, 0.3) is 0 Å². The van der Waals surface area contributed by atoms with Gasteiger partial charge in [-0.05, 0) is 147 Å². The summed E-state index contributed by atoms with van der Waals surface area (Å²) in [4.78, 5) is 251. The molecule has 0 saturated heterocycles. The summed E-state index contributed by atoms with van der Waals surface area (Å²) >= 11 is 0. The van der Waals surface area contributed by atoms with E-state index in [1.165, 1.54) is 0 Å². The molecule has 0 heterocycles. The van der Waals surface area contributed by atoms with E-state index in [4.69, 9.17) is 62.7 Å². The van der Waals surface area contributed by atoms with Gasteiger partial charge < -0.3 is 184 Å². The minimum absolute atomic E-state index is 0.000332. The number of carboxylic acids is 2. The number of likely N-dealkylation sites (N-methyl/N-ethyl adjacent to an activating group) is 1. The van der Waals surface area contributed by atoms with E-state index in [2.05, 4.69) is 151 Å². The van der Waals surface area contributed by atoms with Crippen LogP contribution in [0.1, 0.15) is 189 Å². The summed E-state index contributed by atoms with van der Waals surface area (Å²) in [5, 5.41) is 92.8. The average molecular weight is 1960 g/mol. The second-order valence-corrected chi connectivity index (χ2v) is 33.7. The molecule has 0 aliphatic heterocycles. The first-order valence-corrected chi connectivity index (χ1v) is 45.6. The molecule has 14 atom stereocenters. The lowest BCUT2D eigenvalue weighted by molar-refractivity contribution is -0.139. The second kappa shape index (κ2) is 68.6. The van der Waals surface area contributed by atoms with Crippen molar-refractivity contribution in [2.24, 2.45) is 69.2 Å². The quantitative estimate of drug-likeness (QED) is 0.0153. The van der Waals surface area contributed by atoms with E-state index in [9.17, 15) is 102 Å². The van der Waals surface area contributed by atoms with Crippen LogP contribution in [0.3, 0.4) is 0 Å². The van der Waals surface area contributed by atoms with Crippen molar-refractivity contribution in [1.82, 2.24) is 112 Å². The number of aliphatic hydroxyl groups is 1. The highest BCUT2D eigenvalue weighted by Gasteiger charge is 2.39. The molecule has 0 saturated carbocycles. The second-order valence-electron chi connectivity index (χ2n) is 33.7. The molecule has 138 heavy (non-hydrogen) atoms. The van der Waals surface area contributed by atoms with Gasteiger partial charge in [-0.15, -0.1) is 0 Å². The van der Waals surface area contributed by atoms with Crippen molar-refractivity contribution in [3.63, 3.8) is 0 Å². The molecule has 0 aliphatic rings. The number of hydrogen-bond acceptors (Lipinski definition) is 33. The Bertz CT molecular complexity index is 4100. The maximum atomic E-state index is 15.0. The van der Waals surface area contributed by atoms with E-state index in [-0.39, 0.29) is 209 Å². The molecule has 53 nitrogen and oxygen atoms in total. The van der Waals surface area contributed by atoms with Gasteiger partial charge in [-0.3, -0.25) is 91.7 Å². The zero-order valence-corrected chi connectivity index (χ0v) is 79.8. The number of aliphatic carboxylic acids is 2. The number of rotatable bonds is 79. The summed E-state index contributed by atoms with van der Waals surface area (Å²) in [5.74, 6) is -19.8. The lowest BCUT2D eigenvalue weighted by Gasteiger charge is -2.29. The first-order valence-electron chi connectivity index (χ1n) is 45.6. The molecule has 0 aromatic rings. The van der Waals surface area contributed by atoms with Gasteiger partial charge in [0.15, 0.2) is 5.96 Å². The maximum absolute atomic E-state index is 15.0. The SMILES string of the molecule is C=C(N)NCCCC(NC(=O)C(N)CC(C)C)C(=O)NC(CCCNC(=C)N)C(=O)NC(CCC(=O)O)C(=O)NC(CCCNC(=C)N)C(=O)NC(CCC(N)=O)C(=O)NC(CO)C(=O)NC(CCCNC(=C)N)C(=O)NC(CC(C)C)C(=O)NC(CCCNC(=C)N)C(=O)NC(CCCNC(=C)N)C(=O)NC(CCC(=O)O)C(=O)NC(CCCNC(=N)N)C(=O)NC(CCC(N)=O)C(=O)NCC. The van der Waals surface area contributed by atoms with Crippen LogP contribution in [-0.4, -0.2) is 271 Å². The number of amides is 16. The number of hydrogen-bond donors (Lipinski definition) is 35. The van der Waals surface area contributed by atoms with Crippen LogP contribution < -0.4 is 169 Å². The molecule has 0 aromatic heterocycles. The monoisotopic (exact) mass is 1960 g/mol. The number of primary amides is 2. The lowest BCUT2D eigenvalue weighted by Crippen LogP contribution is -2.61. The van der Waals surface area contributed by atoms with E-state index in [1.807, 2.05) is 13.8 Å². The Morgan fingerprint density at radius 1 is 0.261 bits per heavy atom. The highest BCUT2D eigenvalue weighted by Crippen LogP contribution is 2.16. The van der Waals surface area contributed by atoms with Crippen molar-refractivity contribution in [3.05, 3.63) is 74.4 Å². The molecule has 0 bridgehead atoms. The highest BCUT2D eigenvalue weighted by atomic mass is 16.4. The number of guanidine groups is 1. The topological polar surface area (TPSA) is 905 Å². The molecule has 0 rings (SSSR count). The minimum atomic E-state index is -2.02. The fourth-order valence-electron chi connectivity index (χ4n) is 13.3. The van der Waals surface area contributed by atoms with E-state index in [0.717, 1.165) is 0 Å². The summed E-state index contributed by atoms with van der Waals surface area (Å²) in [5.41, 5.74) is 57.0. The third-order valence-electron chi connectivity index (χ3n) is 20.3. The van der Waals surface area contributed by atoms with Gasteiger partial charge >= 0.3 is 11.9 Å². The standard InChI is InChI=1S/C85H154N32O21/c1-12-97-72(126)61(27-31-67(93)119)112-75(129)58(26-19-41-104-85(95)96)109-81(135)64(30-34-70(123)124)115-78(132)56(22-15-37-100-49(8)88)107-74(128)59(24-17-39-102-51(10)90)110-83(137)65(43-46(4)5)116-79(133)60(25-18-40-103-52(11)91)111-84(138)66(44-118)117-82(136)62(28-32-68(94)120)113-76(130)57(23-16-38-101-50(9)89)108-80(134)63(29-33-69(121)122)114-77(131)55(21-14-36-99-48(7)87)106-73(127)54(20-13-35-98-47(6)86)105-71(125)53(92)42-45(2)3/h45-46,53-66,98-103,118H,6-44,86-92H2,1-5H3,(H2,93,119)(H2,94,120)(H,97,126)(H,105,125)(H,106,127)(H,107,128)(H,108,134)(H,109,135)(H,110,137)(H,111,138)(H,112,129)(H,113,130)(H,114,131)(H,115,132)(H,116,133)(H,117,136)(H,121,122)(H,123,124)(H4,95,96,104). The fourth-order valence-corrected chi connectivity index (χ4v) is 13.3. The number of carbonyl (C=O) groups is 18. The van der Waals surface area contributed by atoms with Crippen molar-refractivity contribution < 1.29 is 102 Å². The van der Waals surface area contributed by atoms with Crippen LogP contribution in [0.5, 0.6) is 0 Å². The first kappa shape index (κ1) is 124. The molecule has 0 aromatic carbocycles. The Labute approximate surface area is 803 Å². The van der Waals surface area contributed by atoms with Gasteiger partial charge in [0, 0.05) is 78.0 Å². The predicted molar refractivity (Wildman–Crippen MR) is 511 cm³/mol. The molecular formula is C85H154N32O21. The maximum Gasteiger partial charge on any atom is 0.303 e. The molecule has 45 N–H and O–H groups in total. The van der Waals surface area contributed by atoms with Crippen molar-refractivity contribution in [3.8, 4) is 0 Å². The third-order valence-corrected chi connectivity index (χ3v) is 20.3. The molecule has 0 aliphatic carbocycles. The van der Waals surface area contributed by atoms with Crippen molar-refractivity contribution >= 4 is 112 Å². The van der Waals surface area contributed by atoms with Gasteiger partial charge in [-0.1, -0.05) is 67.2 Å². The molecule has 780 valence electrons. The Morgan fingerprint density at radius 2 is 0.449 bits per heavy atom. The predicted octanol–water partition coefficient (Wildman–Crippen LogP) is -9.84. The van der Waals surface area contributed by atoms with Crippen molar-refractivity contribution in [2.45, 2.75) is 273 Å². The molecule has 0 fully saturated rings. The highest BCUT2D eigenvalue weighted by molar-refractivity contribution is 6.01. The molecule has 0 radical (unpaired) electrons. The van der Waals surface area contributed by atoms with Gasteiger partial charge in [0.2, 0.25) is 94.5 Å².